The van der Waals surface area contributed by atoms with E-state index < -0.39 is 0 Å². The SMILES string of the molecule is CO/N=C/c1ccccc1C1CCN(C(=O)c2cnn3c2NC(c2ccccc2)CC3(C)C)CC1. The van der Waals surface area contributed by atoms with Crippen molar-refractivity contribution in [3.8, 4) is 0 Å². The van der Waals surface area contributed by atoms with Crippen molar-refractivity contribution in [1.82, 2.24) is 14.7 Å². The molecular weight excluding hydrogens is 438 g/mol. The lowest BCUT2D eigenvalue weighted by molar-refractivity contribution is 0.0713. The molecule has 0 aliphatic carbocycles. The molecule has 3 heterocycles. The van der Waals surface area contributed by atoms with Crippen molar-refractivity contribution in [3.63, 3.8) is 0 Å². The zero-order chi connectivity index (χ0) is 24.4. The molecule has 1 aromatic heterocycles. The zero-order valence-electron chi connectivity index (χ0n) is 20.6. The summed E-state index contributed by atoms with van der Waals surface area (Å²) in [6.07, 6.45) is 6.23. The first-order valence-corrected chi connectivity index (χ1v) is 12.3. The van der Waals surface area contributed by atoms with Gasteiger partial charge in [0.1, 0.15) is 18.5 Å². The number of aromatic nitrogens is 2. The van der Waals surface area contributed by atoms with Gasteiger partial charge in [-0.3, -0.25) is 4.79 Å². The third-order valence-corrected chi connectivity index (χ3v) is 7.30. The number of hydrogen-bond donors (Lipinski definition) is 1. The molecule has 3 aromatic rings. The van der Waals surface area contributed by atoms with E-state index in [1.807, 2.05) is 21.7 Å². The van der Waals surface area contributed by atoms with Crippen LogP contribution in [-0.4, -0.2) is 47.0 Å². The summed E-state index contributed by atoms with van der Waals surface area (Å²) >= 11 is 0. The smallest absolute Gasteiger partial charge is 0.259 e. The van der Waals surface area contributed by atoms with Crippen LogP contribution in [0.5, 0.6) is 0 Å². The van der Waals surface area contributed by atoms with Crippen molar-refractivity contribution in [1.29, 1.82) is 0 Å². The lowest BCUT2D eigenvalue weighted by Gasteiger charge is -2.39. The molecule has 182 valence electrons. The molecule has 0 radical (unpaired) electrons. The number of carbonyl (C=O) groups is 1. The summed E-state index contributed by atoms with van der Waals surface area (Å²) in [6.45, 7) is 5.81. The van der Waals surface area contributed by atoms with E-state index in [1.165, 1.54) is 11.1 Å². The third-order valence-electron chi connectivity index (χ3n) is 7.30. The number of amides is 1. The maximum Gasteiger partial charge on any atom is 0.259 e. The van der Waals surface area contributed by atoms with Crippen LogP contribution in [0.25, 0.3) is 0 Å². The molecule has 2 aromatic carbocycles. The monoisotopic (exact) mass is 471 g/mol. The van der Waals surface area contributed by atoms with E-state index in [4.69, 9.17) is 4.84 Å². The fraction of sp³-hybridized carbons (Fsp3) is 0.393. The highest BCUT2D eigenvalue weighted by atomic mass is 16.6. The Balaban J connectivity index is 1.33. The highest BCUT2D eigenvalue weighted by molar-refractivity contribution is 5.99. The Kier molecular flexibility index (Phi) is 6.32. The van der Waals surface area contributed by atoms with Crippen LogP contribution in [0.4, 0.5) is 5.82 Å². The van der Waals surface area contributed by atoms with Gasteiger partial charge in [-0.2, -0.15) is 5.10 Å². The summed E-state index contributed by atoms with van der Waals surface area (Å²) in [5.74, 6) is 1.26. The van der Waals surface area contributed by atoms with Crippen LogP contribution in [0, 0.1) is 0 Å². The van der Waals surface area contributed by atoms with Crippen molar-refractivity contribution in [2.24, 2.45) is 5.16 Å². The zero-order valence-corrected chi connectivity index (χ0v) is 20.6. The molecule has 1 N–H and O–H groups in total. The Morgan fingerprint density at radius 2 is 1.83 bits per heavy atom. The van der Waals surface area contributed by atoms with E-state index in [1.54, 1.807) is 19.5 Å². The van der Waals surface area contributed by atoms with Crippen molar-refractivity contribution in [2.75, 3.05) is 25.5 Å². The number of oxime groups is 1. The van der Waals surface area contributed by atoms with Gasteiger partial charge in [0.2, 0.25) is 0 Å². The number of likely N-dealkylation sites (tertiary alicyclic amines) is 1. The van der Waals surface area contributed by atoms with Crippen molar-refractivity contribution in [2.45, 2.75) is 50.6 Å². The van der Waals surface area contributed by atoms with E-state index in [2.05, 4.69) is 71.9 Å². The van der Waals surface area contributed by atoms with Gasteiger partial charge in [0.05, 0.1) is 24.0 Å². The molecular formula is C28H33N5O2. The Bertz CT molecular complexity index is 1210. The van der Waals surface area contributed by atoms with Crippen LogP contribution in [0.1, 0.15) is 72.1 Å². The van der Waals surface area contributed by atoms with Crippen LogP contribution in [0.15, 0.2) is 65.9 Å². The van der Waals surface area contributed by atoms with Gasteiger partial charge in [0, 0.05) is 13.1 Å². The number of carbonyl (C=O) groups excluding carboxylic acids is 1. The Labute approximate surface area is 206 Å². The maximum atomic E-state index is 13.6. The minimum absolute atomic E-state index is 0.0518. The van der Waals surface area contributed by atoms with Gasteiger partial charge in [-0.1, -0.05) is 59.8 Å². The molecule has 1 unspecified atom stereocenters. The van der Waals surface area contributed by atoms with E-state index >= 15 is 0 Å². The maximum absolute atomic E-state index is 13.6. The molecule has 7 nitrogen and oxygen atoms in total. The minimum Gasteiger partial charge on any atom is -0.399 e. The van der Waals surface area contributed by atoms with Gasteiger partial charge in [-0.15, -0.1) is 0 Å². The second-order valence-electron chi connectivity index (χ2n) is 10.1. The summed E-state index contributed by atoms with van der Waals surface area (Å²) in [6, 6.07) is 18.9. The molecule has 35 heavy (non-hydrogen) atoms. The number of rotatable bonds is 5. The second-order valence-corrected chi connectivity index (χ2v) is 10.1. The summed E-state index contributed by atoms with van der Waals surface area (Å²) < 4.78 is 1.98. The van der Waals surface area contributed by atoms with Crippen LogP contribution < -0.4 is 5.32 Å². The largest absolute Gasteiger partial charge is 0.399 e. The predicted octanol–water partition coefficient (Wildman–Crippen LogP) is 5.18. The van der Waals surface area contributed by atoms with Crippen LogP contribution in [0.3, 0.4) is 0 Å². The van der Waals surface area contributed by atoms with Crippen LogP contribution in [0.2, 0.25) is 0 Å². The van der Waals surface area contributed by atoms with E-state index in [0.29, 0.717) is 11.5 Å². The van der Waals surface area contributed by atoms with Crippen LogP contribution >= 0.6 is 0 Å². The molecule has 7 heteroatoms. The minimum atomic E-state index is -0.194. The van der Waals surface area contributed by atoms with Gasteiger partial charge in [0.25, 0.3) is 5.91 Å². The highest BCUT2D eigenvalue weighted by Crippen LogP contribution is 2.40. The fourth-order valence-corrected chi connectivity index (χ4v) is 5.47. The number of hydrogen-bond acceptors (Lipinski definition) is 5. The molecule has 1 amide bonds. The van der Waals surface area contributed by atoms with E-state index in [-0.39, 0.29) is 17.5 Å². The van der Waals surface area contributed by atoms with Gasteiger partial charge >= 0.3 is 0 Å². The topological polar surface area (TPSA) is 71.8 Å². The highest BCUT2D eigenvalue weighted by Gasteiger charge is 2.38. The van der Waals surface area contributed by atoms with Gasteiger partial charge in [-0.25, -0.2) is 4.68 Å². The Morgan fingerprint density at radius 1 is 1.11 bits per heavy atom. The molecule has 0 spiro atoms. The van der Waals surface area contributed by atoms with Crippen molar-refractivity contribution < 1.29 is 9.63 Å². The molecule has 0 bridgehead atoms. The molecule has 5 rings (SSSR count). The molecule has 1 fully saturated rings. The molecule has 2 aliphatic heterocycles. The second kappa shape index (κ2) is 9.56. The normalized spacial score (nSPS) is 19.9. The van der Waals surface area contributed by atoms with Crippen molar-refractivity contribution in [3.05, 3.63) is 83.0 Å². The lowest BCUT2D eigenvalue weighted by atomic mass is 9.86. The molecule has 1 saturated heterocycles. The van der Waals surface area contributed by atoms with Crippen LogP contribution in [-0.2, 0) is 10.4 Å². The first kappa shape index (κ1) is 23.1. The Hall–Kier alpha value is -3.61. The van der Waals surface area contributed by atoms with E-state index in [0.717, 1.165) is 43.7 Å². The van der Waals surface area contributed by atoms with Crippen molar-refractivity contribution >= 4 is 17.9 Å². The number of nitrogens with one attached hydrogen (secondary N) is 1. The molecule has 2 aliphatic rings. The summed E-state index contributed by atoms with van der Waals surface area (Å²) in [7, 11) is 1.55. The molecule has 0 saturated carbocycles. The average Bonchev–Trinajstić information content (AvgIpc) is 3.33. The summed E-state index contributed by atoms with van der Waals surface area (Å²) in [5, 5.41) is 12.2. The van der Waals surface area contributed by atoms with Gasteiger partial charge in [-0.05, 0) is 55.7 Å². The number of anilines is 1. The molecule has 1 atom stereocenters. The van der Waals surface area contributed by atoms with E-state index in [9.17, 15) is 4.79 Å². The summed E-state index contributed by atoms with van der Waals surface area (Å²) in [5.41, 5.74) is 4.02. The van der Waals surface area contributed by atoms with Gasteiger partial charge in [0.15, 0.2) is 0 Å². The number of nitrogens with zero attached hydrogens (tertiary/aromatic N) is 4. The average molecular weight is 472 g/mol. The lowest BCUT2D eigenvalue weighted by Crippen LogP contribution is -2.40. The predicted molar refractivity (Wildman–Crippen MR) is 138 cm³/mol. The Morgan fingerprint density at radius 3 is 2.57 bits per heavy atom. The first-order chi connectivity index (χ1) is 17.0. The number of benzene rings is 2. The first-order valence-electron chi connectivity index (χ1n) is 12.3. The third kappa shape index (κ3) is 4.55. The fourth-order valence-electron chi connectivity index (χ4n) is 5.47. The quantitative estimate of drug-likeness (QED) is 0.411. The number of fused-ring (bicyclic) bond motifs is 1. The standard InChI is InChI=1S/C28H33N5O2/c1-28(2)17-25(21-9-5-4-6-10-21)31-26-24(19-29-33(26)28)27(34)32-15-13-20(14-16-32)23-12-8-7-11-22(23)18-30-35-3/h4-12,18-20,25,31H,13-17H2,1-3H3/b30-18+. The number of piperidine rings is 1. The summed E-state index contributed by atoms with van der Waals surface area (Å²) in [4.78, 5) is 20.5. The van der Waals surface area contributed by atoms with Gasteiger partial charge < -0.3 is 15.1 Å².